The summed E-state index contributed by atoms with van der Waals surface area (Å²) in [4.78, 5) is 11.7. The number of carbonyl (C=O) groups is 1. The zero-order chi connectivity index (χ0) is 20.4. The van der Waals surface area contributed by atoms with Crippen molar-refractivity contribution < 1.29 is 44.2 Å². The summed E-state index contributed by atoms with van der Waals surface area (Å²) in [6, 6.07) is -0.695. The number of thioether (sulfide) groups is 1. The molecule has 0 radical (unpaired) electrons. The number of hydrogen-bond donors (Lipinski definition) is 5. The van der Waals surface area contributed by atoms with E-state index in [-0.39, 0.29) is 23.9 Å². The molecule has 0 aromatic carbocycles. The fourth-order valence-corrected chi connectivity index (χ4v) is 4.65. The molecule has 3 rings (SSSR count). The number of carbonyl (C=O) groups excluding carboxylic acids is 1. The Morgan fingerprint density at radius 1 is 1.25 bits per heavy atom. The number of nitrogens with one attached hydrogen (secondary N) is 1. The van der Waals surface area contributed by atoms with Crippen molar-refractivity contribution in [1.82, 2.24) is 5.32 Å². The van der Waals surface area contributed by atoms with E-state index in [4.69, 9.17) is 18.9 Å². The molecule has 1 amide bonds. The summed E-state index contributed by atoms with van der Waals surface area (Å²) < 4.78 is 23.0. The molecule has 0 spiro atoms. The molecule has 0 bridgehead atoms. The van der Waals surface area contributed by atoms with Gasteiger partial charge in [-0.15, -0.1) is 6.58 Å². The summed E-state index contributed by atoms with van der Waals surface area (Å²) in [7, 11) is 0. The van der Waals surface area contributed by atoms with Crippen molar-refractivity contribution in [3.8, 4) is 0 Å². The largest absolute Gasteiger partial charge is 0.394 e. The topological polar surface area (TPSA) is 147 Å². The highest BCUT2D eigenvalue weighted by atomic mass is 32.2. The Bertz CT molecular complexity index is 565. The van der Waals surface area contributed by atoms with Crippen molar-refractivity contribution in [3.63, 3.8) is 0 Å². The third-order valence-corrected chi connectivity index (χ3v) is 6.46. The van der Waals surface area contributed by atoms with Gasteiger partial charge >= 0.3 is 0 Å². The zero-order valence-electron chi connectivity index (χ0n) is 15.4. The van der Waals surface area contributed by atoms with Gasteiger partial charge in [0.05, 0.1) is 24.6 Å². The van der Waals surface area contributed by atoms with Gasteiger partial charge in [0.15, 0.2) is 12.6 Å². The van der Waals surface area contributed by atoms with E-state index in [2.05, 4.69) is 11.9 Å². The van der Waals surface area contributed by atoms with Crippen LogP contribution in [0.2, 0.25) is 0 Å². The van der Waals surface area contributed by atoms with Gasteiger partial charge in [0, 0.05) is 12.7 Å². The minimum absolute atomic E-state index is 0.146. The first-order valence-corrected chi connectivity index (χ1v) is 10.1. The van der Waals surface area contributed by atoms with Crippen LogP contribution in [0.3, 0.4) is 0 Å². The maximum Gasteiger partial charge on any atom is 0.217 e. The number of ether oxygens (including phenoxy) is 4. The highest BCUT2D eigenvalue weighted by molar-refractivity contribution is 8.01. The molecule has 5 N–H and O–H groups in total. The van der Waals surface area contributed by atoms with Crippen LogP contribution in [-0.2, 0) is 23.7 Å². The molecule has 3 fully saturated rings. The standard InChI is InChI=1S/C17H27NO9S/c1-3-4-24-16-10(18-7(2)20)14(15-9(26-16)6-28-15)27-17-13(23)12(22)11(21)8(5-19)25-17/h3,8-17,19,21-23H,1,4-6H2,2H3,(H,18,20). The summed E-state index contributed by atoms with van der Waals surface area (Å²) >= 11 is 1.58. The lowest BCUT2D eigenvalue weighted by molar-refractivity contribution is -0.327. The van der Waals surface area contributed by atoms with Crippen LogP contribution in [0.15, 0.2) is 12.7 Å². The maximum atomic E-state index is 11.7. The lowest BCUT2D eigenvalue weighted by Crippen LogP contribution is -2.69. The molecule has 160 valence electrons. The maximum absolute atomic E-state index is 11.7. The van der Waals surface area contributed by atoms with Gasteiger partial charge in [-0.25, -0.2) is 0 Å². The van der Waals surface area contributed by atoms with E-state index in [1.807, 2.05) is 0 Å². The molecule has 3 aliphatic heterocycles. The van der Waals surface area contributed by atoms with E-state index in [0.29, 0.717) is 0 Å². The van der Waals surface area contributed by atoms with E-state index in [0.717, 1.165) is 5.75 Å². The summed E-state index contributed by atoms with van der Waals surface area (Å²) in [5.74, 6) is 0.408. The second-order valence-electron chi connectivity index (χ2n) is 6.99. The van der Waals surface area contributed by atoms with Crippen LogP contribution in [-0.4, -0.2) is 106 Å². The van der Waals surface area contributed by atoms with Gasteiger partial charge in [-0.1, -0.05) is 6.08 Å². The van der Waals surface area contributed by atoms with E-state index in [1.165, 1.54) is 6.92 Å². The lowest BCUT2D eigenvalue weighted by Gasteiger charge is -2.52. The number of aliphatic hydroxyl groups excluding tert-OH is 4. The Morgan fingerprint density at radius 2 is 2.00 bits per heavy atom. The average Bonchev–Trinajstić information content (AvgIpc) is 2.64. The Kier molecular flexibility index (Phi) is 7.34. The van der Waals surface area contributed by atoms with Crippen LogP contribution in [0.5, 0.6) is 0 Å². The molecule has 0 aliphatic carbocycles. The minimum atomic E-state index is -1.55. The van der Waals surface area contributed by atoms with Crippen LogP contribution >= 0.6 is 11.8 Å². The van der Waals surface area contributed by atoms with Crippen LogP contribution < -0.4 is 5.32 Å². The molecule has 3 heterocycles. The van der Waals surface area contributed by atoms with Crippen molar-refractivity contribution in [1.29, 1.82) is 0 Å². The van der Waals surface area contributed by atoms with Crippen molar-refractivity contribution >= 4 is 17.7 Å². The van der Waals surface area contributed by atoms with Crippen LogP contribution in [0.4, 0.5) is 0 Å². The quantitative estimate of drug-likeness (QED) is 0.285. The monoisotopic (exact) mass is 421 g/mol. The SMILES string of the molecule is C=CCOC1OC2CSC2C(OC2OC(CO)C(O)C(O)C2O)C1NC(C)=O. The summed E-state index contributed by atoms with van der Waals surface area (Å²) in [5, 5.41) is 42.2. The number of fused-ring (bicyclic) bond motifs is 1. The van der Waals surface area contributed by atoms with Gasteiger partial charge in [-0.2, -0.15) is 11.8 Å². The molecule has 11 heteroatoms. The van der Waals surface area contributed by atoms with E-state index in [9.17, 15) is 25.2 Å². The molecule has 10 unspecified atom stereocenters. The predicted molar refractivity (Wildman–Crippen MR) is 97.3 cm³/mol. The number of amides is 1. The van der Waals surface area contributed by atoms with Crippen molar-refractivity contribution in [2.24, 2.45) is 0 Å². The van der Waals surface area contributed by atoms with Gasteiger partial charge < -0.3 is 44.7 Å². The van der Waals surface area contributed by atoms with Crippen LogP contribution in [0, 0.1) is 0 Å². The van der Waals surface area contributed by atoms with Gasteiger partial charge in [0.25, 0.3) is 0 Å². The Balaban J connectivity index is 1.79. The van der Waals surface area contributed by atoms with Crippen LogP contribution in [0.25, 0.3) is 0 Å². The highest BCUT2D eigenvalue weighted by Gasteiger charge is 2.55. The Morgan fingerprint density at radius 3 is 2.57 bits per heavy atom. The molecule has 10 atom stereocenters. The van der Waals surface area contributed by atoms with Crippen LogP contribution in [0.1, 0.15) is 6.92 Å². The third kappa shape index (κ3) is 4.37. The normalized spacial score (nSPS) is 45.6. The first-order valence-electron chi connectivity index (χ1n) is 9.10. The predicted octanol–water partition coefficient (Wildman–Crippen LogP) is -2.28. The number of rotatable bonds is 7. The van der Waals surface area contributed by atoms with Crippen molar-refractivity contribution in [2.75, 3.05) is 19.0 Å². The number of hydrogen-bond acceptors (Lipinski definition) is 10. The van der Waals surface area contributed by atoms with Gasteiger partial charge in [-0.3, -0.25) is 4.79 Å². The molecule has 0 aromatic rings. The summed E-state index contributed by atoms with van der Waals surface area (Å²) in [6.07, 6.45) is -7.01. The molecule has 3 saturated heterocycles. The second-order valence-corrected chi connectivity index (χ2v) is 8.20. The smallest absolute Gasteiger partial charge is 0.217 e. The molecular formula is C17H27NO9S. The Hall–Kier alpha value is -0.760. The van der Waals surface area contributed by atoms with Gasteiger partial charge in [0.1, 0.15) is 36.6 Å². The van der Waals surface area contributed by atoms with E-state index >= 15 is 0 Å². The van der Waals surface area contributed by atoms with Crippen molar-refractivity contribution in [3.05, 3.63) is 12.7 Å². The first-order chi connectivity index (χ1) is 13.4. The molecule has 10 nitrogen and oxygen atoms in total. The fourth-order valence-electron chi connectivity index (χ4n) is 3.51. The van der Waals surface area contributed by atoms with E-state index < -0.39 is 55.7 Å². The van der Waals surface area contributed by atoms with E-state index in [1.54, 1.807) is 17.8 Å². The van der Waals surface area contributed by atoms with Crippen molar-refractivity contribution in [2.45, 2.75) is 67.4 Å². The zero-order valence-corrected chi connectivity index (χ0v) is 16.2. The Labute approximate surface area is 166 Å². The first kappa shape index (κ1) is 21.9. The molecule has 3 aliphatic rings. The fraction of sp³-hybridized carbons (Fsp3) is 0.824. The molecule has 0 saturated carbocycles. The summed E-state index contributed by atoms with van der Waals surface area (Å²) in [5.41, 5.74) is 0. The molecule has 0 aromatic heterocycles. The number of aliphatic hydroxyl groups is 4. The minimum Gasteiger partial charge on any atom is -0.394 e. The van der Waals surface area contributed by atoms with Gasteiger partial charge in [-0.05, 0) is 0 Å². The third-order valence-electron chi connectivity index (χ3n) is 4.99. The lowest BCUT2D eigenvalue weighted by atomic mass is 9.97. The van der Waals surface area contributed by atoms with Gasteiger partial charge in [0.2, 0.25) is 5.91 Å². The summed E-state index contributed by atoms with van der Waals surface area (Å²) in [6.45, 7) is 4.61. The average molecular weight is 421 g/mol. The molecular weight excluding hydrogens is 394 g/mol. The highest BCUT2D eigenvalue weighted by Crippen LogP contribution is 2.42. The molecule has 28 heavy (non-hydrogen) atoms. The second kappa shape index (κ2) is 9.37.